The lowest BCUT2D eigenvalue weighted by Gasteiger charge is -2.22. The van der Waals surface area contributed by atoms with Gasteiger partial charge in [-0.2, -0.15) is 0 Å². The molecule has 0 saturated carbocycles. The first-order valence-electron chi connectivity index (χ1n) is 5.47. The zero-order chi connectivity index (χ0) is 9.80. The van der Waals surface area contributed by atoms with Crippen molar-refractivity contribution >= 4 is 11.4 Å². The second-order valence-corrected chi connectivity index (χ2v) is 3.99. The number of hydrogen-bond donors (Lipinski definition) is 1. The quantitative estimate of drug-likeness (QED) is 0.536. The maximum absolute atomic E-state index is 5.67. The fourth-order valence-corrected chi connectivity index (χ4v) is 2.01. The fourth-order valence-electron chi connectivity index (χ4n) is 2.01. The van der Waals surface area contributed by atoms with E-state index in [-0.39, 0.29) is 24.8 Å². The molecular formula is C12H18Cl2N2-2. The van der Waals surface area contributed by atoms with Crippen LogP contribution in [-0.2, 0) is 0 Å². The van der Waals surface area contributed by atoms with Crippen LogP contribution in [0, 0.1) is 0 Å². The van der Waals surface area contributed by atoms with Gasteiger partial charge in [0.2, 0.25) is 0 Å². The lowest BCUT2D eigenvalue weighted by molar-refractivity contribution is -0.00100. The zero-order valence-corrected chi connectivity index (χ0v) is 10.8. The smallest absolute Gasteiger partial charge is 0.0367 e. The first-order chi connectivity index (χ1) is 6.86. The van der Waals surface area contributed by atoms with Gasteiger partial charge < -0.3 is 35.4 Å². The summed E-state index contributed by atoms with van der Waals surface area (Å²) in [5.41, 5.74) is 7.84. The van der Waals surface area contributed by atoms with E-state index in [0.717, 1.165) is 5.69 Å². The molecule has 0 spiro atoms. The van der Waals surface area contributed by atoms with Gasteiger partial charge in [-0.05, 0) is 37.1 Å². The van der Waals surface area contributed by atoms with Crippen LogP contribution in [0.15, 0.2) is 24.3 Å². The minimum atomic E-state index is 0. The Bertz CT molecular complexity index is 280. The Labute approximate surface area is 110 Å². The molecule has 1 fully saturated rings. The van der Waals surface area contributed by atoms with Crippen molar-refractivity contribution in [2.45, 2.75) is 25.7 Å². The first-order valence-corrected chi connectivity index (χ1v) is 5.47. The number of nitrogens with two attached hydrogens (primary N) is 1. The normalized spacial score (nSPS) is 15.6. The number of rotatable bonds is 1. The molecule has 0 aromatic heterocycles. The number of halogens is 2. The van der Waals surface area contributed by atoms with Crippen LogP contribution in [0.25, 0.3) is 0 Å². The summed E-state index contributed by atoms with van der Waals surface area (Å²) < 4.78 is 0. The predicted octanol–water partition coefficient (Wildman–Crippen LogP) is -3.34. The van der Waals surface area contributed by atoms with Gasteiger partial charge >= 0.3 is 0 Å². The van der Waals surface area contributed by atoms with Crippen molar-refractivity contribution in [1.29, 1.82) is 0 Å². The van der Waals surface area contributed by atoms with Crippen molar-refractivity contribution in [1.82, 2.24) is 0 Å². The van der Waals surface area contributed by atoms with Crippen molar-refractivity contribution < 1.29 is 24.8 Å². The second-order valence-electron chi connectivity index (χ2n) is 3.99. The minimum Gasteiger partial charge on any atom is -1.00 e. The molecule has 1 aromatic rings. The van der Waals surface area contributed by atoms with E-state index in [1.807, 2.05) is 12.1 Å². The molecule has 0 bridgehead atoms. The van der Waals surface area contributed by atoms with Crippen LogP contribution in [-0.4, -0.2) is 13.1 Å². The van der Waals surface area contributed by atoms with Gasteiger partial charge in [0.25, 0.3) is 0 Å². The lowest BCUT2D eigenvalue weighted by atomic mass is 10.2. The number of anilines is 2. The second kappa shape index (κ2) is 7.64. The van der Waals surface area contributed by atoms with Crippen LogP contribution in [0.5, 0.6) is 0 Å². The molecule has 1 saturated heterocycles. The molecule has 1 heterocycles. The third-order valence-electron chi connectivity index (χ3n) is 2.86. The molecule has 1 aromatic carbocycles. The molecule has 2 rings (SSSR count). The Morgan fingerprint density at radius 3 is 1.81 bits per heavy atom. The summed E-state index contributed by atoms with van der Waals surface area (Å²) in [6, 6.07) is 8.22. The molecule has 0 atom stereocenters. The Hall–Kier alpha value is -0.600. The molecule has 0 unspecified atom stereocenters. The van der Waals surface area contributed by atoms with Crippen LogP contribution in [0.1, 0.15) is 25.7 Å². The Morgan fingerprint density at radius 1 is 0.812 bits per heavy atom. The highest BCUT2D eigenvalue weighted by Crippen LogP contribution is 2.20. The van der Waals surface area contributed by atoms with E-state index in [9.17, 15) is 0 Å². The van der Waals surface area contributed by atoms with Crippen molar-refractivity contribution in [3.05, 3.63) is 24.3 Å². The zero-order valence-electron chi connectivity index (χ0n) is 9.33. The van der Waals surface area contributed by atoms with Crippen molar-refractivity contribution in [2.24, 2.45) is 0 Å². The molecule has 92 valence electrons. The average Bonchev–Trinajstić information content (AvgIpc) is 2.47. The highest BCUT2D eigenvalue weighted by atomic mass is 35.5. The van der Waals surface area contributed by atoms with Gasteiger partial charge in [-0.1, -0.05) is 12.8 Å². The summed E-state index contributed by atoms with van der Waals surface area (Å²) in [6.07, 6.45) is 5.41. The highest BCUT2D eigenvalue weighted by molar-refractivity contribution is 5.53. The maximum atomic E-state index is 5.67. The highest BCUT2D eigenvalue weighted by Gasteiger charge is 2.08. The molecule has 4 heteroatoms. The van der Waals surface area contributed by atoms with Crippen LogP contribution >= 0.6 is 0 Å². The molecule has 0 aliphatic carbocycles. The molecule has 1 aliphatic rings. The van der Waals surface area contributed by atoms with E-state index in [1.165, 1.54) is 44.5 Å². The summed E-state index contributed by atoms with van der Waals surface area (Å²) in [7, 11) is 0. The Balaban J connectivity index is 0.00000112. The van der Waals surface area contributed by atoms with E-state index in [4.69, 9.17) is 5.73 Å². The van der Waals surface area contributed by atoms with E-state index >= 15 is 0 Å². The van der Waals surface area contributed by atoms with E-state index in [1.54, 1.807) is 0 Å². The topological polar surface area (TPSA) is 29.3 Å². The fraction of sp³-hybridized carbons (Fsp3) is 0.500. The van der Waals surface area contributed by atoms with Crippen LogP contribution < -0.4 is 35.4 Å². The van der Waals surface area contributed by atoms with Gasteiger partial charge in [0.1, 0.15) is 0 Å². The Kier molecular flexibility index (Phi) is 7.35. The SMILES string of the molecule is Nc1ccc(N2CCCCCC2)cc1.[Cl-].[Cl-]. The maximum Gasteiger partial charge on any atom is 0.0367 e. The third-order valence-corrected chi connectivity index (χ3v) is 2.86. The van der Waals surface area contributed by atoms with Gasteiger partial charge in [0.15, 0.2) is 0 Å². The number of benzene rings is 1. The van der Waals surface area contributed by atoms with Crippen LogP contribution in [0.2, 0.25) is 0 Å². The van der Waals surface area contributed by atoms with Gasteiger partial charge in [0.05, 0.1) is 0 Å². The largest absolute Gasteiger partial charge is 1.00 e. The van der Waals surface area contributed by atoms with E-state index in [2.05, 4.69) is 17.0 Å². The summed E-state index contributed by atoms with van der Waals surface area (Å²) in [4.78, 5) is 2.46. The number of hydrogen-bond acceptors (Lipinski definition) is 2. The van der Waals surface area contributed by atoms with Crippen molar-refractivity contribution in [3.8, 4) is 0 Å². The number of nitrogens with zero attached hydrogens (tertiary/aromatic N) is 1. The third kappa shape index (κ3) is 4.11. The lowest BCUT2D eigenvalue weighted by Crippen LogP contribution is -3.00. The van der Waals surface area contributed by atoms with E-state index < -0.39 is 0 Å². The van der Waals surface area contributed by atoms with Crippen molar-refractivity contribution in [3.63, 3.8) is 0 Å². The van der Waals surface area contributed by atoms with E-state index in [0.29, 0.717) is 0 Å². The van der Waals surface area contributed by atoms with Gasteiger partial charge in [-0.3, -0.25) is 0 Å². The molecule has 2 nitrogen and oxygen atoms in total. The van der Waals surface area contributed by atoms with Crippen LogP contribution in [0.3, 0.4) is 0 Å². The summed E-state index contributed by atoms with van der Waals surface area (Å²) in [5.74, 6) is 0. The Morgan fingerprint density at radius 2 is 1.31 bits per heavy atom. The van der Waals surface area contributed by atoms with Gasteiger partial charge in [-0.15, -0.1) is 0 Å². The summed E-state index contributed by atoms with van der Waals surface area (Å²) in [5, 5.41) is 0. The average molecular weight is 261 g/mol. The first kappa shape index (κ1) is 15.4. The standard InChI is InChI=1S/C12H18N2.2ClH/c13-11-5-7-12(8-6-11)14-9-3-1-2-4-10-14;;/h5-8H,1-4,9-10,13H2;2*1H/p-2. The van der Waals surface area contributed by atoms with Crippen molar-refractivity contribution in [2.75, 3.05) is 23.7 Å². The predicted molar refractivity (Wildman–Crippen MR) is 61.5 cm³/mol. The molecule has 2 N–H and O–H groups in total. The van der Waals surface area contributed by atoms with Crippen LogP contribution in [0.4, 0.5) is 11.4 Å². The minimum absolute atomic E-state index is 0. The number of nitrogen functional groups attached to an aromatic ring is 1. The molecule has 1 aliphatic heterocycles. The van der Waals surface area contributed by atoms with Gasteiger partial charge in [0, 0.05) is 24.5 Å². The summed E-state index contributed by atoms with van der Waals surface area (Å²) in [6.45, 7) is 2.40. The molecular weight excluding hydrogens is 243 g/mol. The monoisotopic (exact) mass is 260 g/mol. The van der Waals surface area contributed by atoms with Gasteiger partial charge in [-0.25, -0.2) is 0 Å². The molecule has 16 heavy (non-hydrogen) atoms. The summed E-state index contributed by atoms with van der Waals surface area (Å²) >= 11 is 0. The molecule has 0 radical (unpaired) electrons. The molecule has 0 amide bonds.